The van der Waals surface area contributed by atoms with Gasteiger partial charge in [0.05, 0.1) is 11.7 Å². The van der Waals surface area contributed by atoms with E-state index in [4.69, 9.17) is 8.75 Å². The SMILES string of the molecule is CCCCCCC(C)(C)c1cc(-c2ccccc2)c(/C=C/c2sc(-c3ccc(-c4cc(-c5ccccc5)c(/C=C/c5sc(C(C)(C)CCCCCC)cc5-c5ccccc5)s4)c4nsnc34)cc2-c2ccccc2)s1. The summed E-state index contributed by atoms with van der Waals surface area (Å²) in [6.07, 6.45) is 22.1. The summed E-state index contributed by atoms with van der Waals surface area (Å²) in [6.45, 7) is 14.3. The molecule has 5 aromatic carbocycles. The van der Waals surface area contributed by atoms with Crippen LogP contribution in [0.3, 0.4) is 0 Å². The summed E-state index contributed by atoms with van der Waals surface area (Å²) in [7, 11) is 0. The Morgan fingerprint density at radius 1 is 0.360 bits per heavy atom. The van der Waals surface area contributed by atoms with E-state index in [1.54, 1.807) is 0 Å². The smallest absolute Gasteiger partial charge is 0.114 e. The highest BCUT2D eigenvalue weighted by Gasteiger charge is 2.27. The van der Waals surface area contributed by atoms with E-state index < -0.39 is 0 Å². The van der Waals surface area contributed by atoms with E-state index in [0.717, 1.165) is 22.2 Å². The van der Waals surface area contributed by atoms with E-state index in [1.165, 1.54) is 159 Å². The Labute approximate surface area is 466 Å². The molecule has 0 unspecified atom stereocenters. The maximum absolute atomic E-state index is 5.05. The van der Waals surface area contributed by atoms with Crippen LogP contribution in [-0.4, -0.2) is 8.75 Å². The molecule has 0 amide bonds. The van der Waals surface area contributed by atoms with Gasteiger partial charge < -0.3 is 0 Å². The van der Waals surface area contributed by atoms with E-state index in [9.17, 15) is 0 Å². The molecule has 5 heterocycles. The summed E-state index contributed by atoms with van der Waals surface area (Å²) in [5.41, 5.74) is 14.4. The molecule has 75 heavy (non-hydrogen) atoms. The lowest BCUT2D eigenvalue weighted by molar-refractivity contribution is 0.453. The summed E-state index contributed by atoms with van der Waals surface area (Å²) < 4.78 is 10.1. The molecule has 0 N–H and O–H groups in total. The molecular weight excluding hydrogens is 1010 g/mol. The van der Waals surface area contributed by atoms with Gasteiger partial charge >= 0.3 is 0 Å². The zero-order valence-corrected chi connectivity index (χ0v) is 48.4. The van der Waals surface area contributed by atoms with Gasteiger partial charge in [-0.15, -0.1) is 45.3 Å². The molecule has 380 valence electrons. The fourth-order valence-electron chi connectivity index (χ4n) is 10.2. The largest absolute Gasteiger partial charge is 0.172 e. The maximum atomic E-state index is 5.05. The van der Waals surface area contributed by atoms with Gasteiger partial charge in [0, 0.05) is 61.3 Å². The van der Waals surface area contributed by atoms with Crippen LogP contribution < -0.4 is 0 Å². The van der Waals surface area contributed by atoms with Gasteiger partial charge in [-0.25, -0.2) is 0 Å². The van der Waals surface area contributed by atoms with Crippen LogP contribution in [0.1, 0.15) is 135 Å². The first-order valence-electron chi connectivity index (χ1n) is 27.0. The lowest BCUT2D eigenvalue weighted by atomic mass is 9.84. The normalized spacial score (nSPS) is 12.3. The highest BCUT2D eigenvalue weighted by molar-refractivity contribution is 7.18. The van der Waals surface area contributed by atoms with E-state index in [2.05, 4.69) is 224 Å². The zero-order chi connectivity index (χ0) is 51.8. The molecule has 0 aliphatic rings. The molecule has 2 nitrogen and oxygen atoms in total. The average molecular weight is 1070 g/mol. The number of benzene rings is 5. The monoisotopic (exact) mass is 1070 g/mol. The van der Waals surface area contributed by atoms with Crippen molar-refractivity contribution in [1.29, 1.82) is 0 Å². The van der Waals surface area contributed by atoms with Gasteiger partial charge in [-0.3, -0.25) is 0 Å². The summed E-state index contributed by atoms with van der Waals surface area (Å²) in [5.74, 6) is 0. The molecule has 0 saturated heterocycles. The van der Waals surface area contributed by atoms with Crippen molar-refractivity contribution in [3.63, 3.8) is 0 Å². The highest BCUT2D eigenvalue weighted by atomic mass is 32.1. The van der Waals surface area contributed by atoms with E-state index in [1.807, 2.05) is 45.3 Å². The Kier molecular flexibility index (Phi) is 16.9. The second kappa shape index (κ2) is 24.0. The fourth-order valence-corrected chi connectivity index (χ4v) is 15.4. The first kappa shape index (κ1) is 52.6. The average Bonchev–Trinajstić information content (AvgIpc) is 4.32. The standard InChI is InChI=1S/C68H68N2S5/c1-7-9-11-25-41-67(3,4)63-45-55(49-31-21-15-22-32-49)59(73-63)39-37-57-53(47-27-17-13-18-28-47)43-61(71-57)51-35-36-52(66-65(51)69-75-70-66)62-44-54(48-29-19-14-20-30-48)58(72-62)38-40-60-56(50-33-23-16-24-34-50)46-64(74-60)68(5,6)42-26-12-10-8-2/h13-24,27-40,43-46H,7-12,25-26,41-42H2,1-6H3/b39-37+,40-38+. The van der Waals surface area contributed by atoms with Gasteiger partial charge in [0.25, 0.3) is 0 Å². The van der Waals surface area contributed by atoms with Crippen molar-refractivity contribution in [2.75, 3.05) is 0 Å². The van der Waals surface area contributed by atoms with Crippen molar-refractivity contribution in [3.8, 4) is 65.4 Å². The summed E-state index contributed by atoms with van der Waals surface area (Å²) in [5, 5.41) is 0. The van der Waals surface area contributed by atoms with Gasteiger partial charge in [-0.1, -0.05) is 226 Å². The number of thiophene rings is 4. The number of hydrogen-bond acceptors (Lipinski definition) is 7. The van der Waals surface area contributed by atoms with Gasteiger partial charge in [-0.2, -0.15) is 8.75 Å². The van der Waals surface area contributed by atoms with Crippen molar-refractivity contribution in [2.24, 2.45) is 0 Å². The summed E-state index contributed by atoms with van der Waals surface area (Å²) in [4.78, 5) is 10.4. The number of aromatic nitrogens is 2. The predicted octanol–water partition coefficient (Wildman–Crippen LogP) is 22.8. The first-order valence-corrected chi connectivity index (χ1v) is 31.0. The molecule has 7 heteroatoms. The third-order valence-corrected chi connectivity index (χ3v) is 20.5. The number of nitrogens with zero attached hydrogens (tertiary/aromatic N) is 2. The molecule has 0 saturated carbocycles. The van der Waals surface area contributed by atoms with Crippen molar-refractivity contribution < 1.29 is 0 Å². The molecule has 10 aromatic rings. The minimum atomic E-state index is 0.106. The molecule has 0 spiro atoms. The molecule has 10 rings (SSSR count). The fraction of sp³-hybridized carbons (Fsp3) is 0.265. The van der Waals surface area contributed by atoms with Crippen LogP contribution in [0.25, 0.3) is 101 Å². The Hall–Kier alpha value is -5.80. The van der Waals surface area contributed by atoms with Crippen molar-refractivity contribution >= 4 is 92.4 Å². The molecule has 0 bridgehead atoms. The third kappa shape index (κ3) is 12.1. The topological polar surface area (TPSA) is 25.8 Å². The van der Waals surface area contributed by atoms with E-state index >= 15 is 0 Å². The predicted molar refractivity (Wildman–Crippen MR) is 336 cm³/mol. The van der Waals surface area contributed by atoms with Crippen LogP contribution in [-0.2, 0) is 10.8 Å². The molecule has 0 fully saturated rings. The Morgan fingerprint density at radius 3 is 1.01 bits per heavy atom. The molecule has 0 aliphatic heterocycles. The van der Waals surface area contributed by atoms with Crippen LogP contribution in [0.4, 0.5) is 0 Å². The van der Waals surface area contributed by atoms with Gasteiger partial charge in [0.2, 0.25) is 0 Å². The highest BCUT2D eigenvalue weighted by Crippen LogP contribution is 2.48. The maximum Gasteiger partial charge on any atom is 0.114 e. The van der Waals surface area contributed by atoms with Crippen molar-refractivity contribution in [2.45, 2.75) is 117 Å². The van der Waals surface area contributed by atoms with Crippen molar-refractivity contribution in [1.82, 2.24) is 8.75 Å². The third-order valence-electron chi connectivity index (χ3n) is 14.7. The van der Waals surface area contributed by atoms with Crippen molar-refractivity contribution in [3.05, 3.63) is 187 Å². The Morgan fingerprint density at radius 2 is 0.680 bits per heavy atom. The lowest BCUT2D eigenvalue weighted by Crippen LogP contribution is -2.15. The van der Waals surface area contributed by atoms with Crippen LogP contribution in [0.15, 0.2) is 158 Å². The summed E-state index contributed by atoms with van der Waals surface area (Å²) >= 11 is 8.90. The van der Waals surface area contributed by atoms with Crippen LogP contribution in [0, 0.1) is 0 Å². The number of fused-ring (bicyclic) bond motifs is 1. The lowest BCUT2D eigenvalue weighted by Gasteiger charge is -2.23. The minimum Gasteiger partial charge on any atom is -0.172 e. The minimum absolute atomic E-state index is 0.106. The second-order valence-electron chi connectivity index (χ2n) is 21.2. The first-order chi connectivity index (χ1) is 36.6. The molecule has 0 radical (unpaired) electrons. The van der Waals surface area contributed by atoms with Gasteiger partial charge in [0.1, 0.15) is 11.0 Å². The zero-order valence-electron chi connectivity index (χ0n) is 44.3. The molecule has 0 aliphatic carbocycles. The van der Waals surface area contributed by atoms with Crippen LogP contribution in [0.2, 0.25) is 0 Å². The van der Waals surface area contributed by atoms with Gasteiger partial charge in [-0.05, 0) is 106 Å². The molecule has 0 atom stereocenters. The number of hydrogen-bond donors (Lipinski definition) is 0. The summed E-state index contributed by atoms with van der Waals surface area (Å²) in [6, 6.07) is 57.8. The Balaban J connectivity index is 1.01. The second-order valence-corrected chi connectivity index (χ2v) is 26.1. The van der Waals surface area contributed by atoms with E-state index in [-0.39, 0.29) is 10.8 Å². The van der Waals surface area contributed by atoms with Crippen LogP contribution >= 0.6 is 57.1 Å². The molecule has 5 aromatic heterocycles. The van der Waals surface area contributed by atoms with Gasteiger partial charge in [0.15, 0.2) is 0 Å². The molecular formula is C68H68N2S5. The number of unbranched alkanes of at least 4 members (excludes halogenated alkanes) is 6. The number of rotatable bonds is 22. The quantitative estimate of drug-likeness (QED) is 0.0632. The van der Waals surface area contributed by atoms with E-state index in [0.29, 0.717) is 0 Å². The van der Waals surface area contributed by atoms with Crippen LogP contribution in [0.5, 0.6) is 0 Å². The Bertz CT molecular complexity index is 3270.